The maximum atomic E-state index is 3.53. The second-order valence-corrected chi connectivity index (χ2v) is 4.57. The van der Waals surface area contributed by atoms with Gasteiger partial charge >= 0.3 is 0 Å². The fourth-order valence-electron chi connectivity index (χ4n) is 2.66. The predicted octanol–water partition coefficient (Wildman–Crippen LogP) is 2.48. The molecule has 1 atom stereocenters. The zero-order valence-corrected chi connectivity index (χ0v) is 10.6. The summed E-state index contributed by atoms with van der Waals surface area (Å²) in [4.78, 5) is 2.53. The van der Waals surface area contributed by atoms with E-state index in [4.69, 9.17) is 0 Å². The van der Waals surface area contributed by atoms with Crippen molar-refractivity contribution in [2.45, 2.75) is 33.4 Å². The van der Waals surface area contributed by atoms with Gasteiger partial charge in [0.1, 0.15) is 0 Å². The Balaban J connectivity index is 2.32. The van der Waals surface area contributed by atoms with Crippen LogP contribution in [0.15, 0.2) is 18.2 Å². The molecule has 2 rings (SSSR count). The number of aryl methyl sites for hydroxylation is 1. The number of hydrogen-bond donors (Lipinski definition) is 1. The number of rotatable bonds is 3. The minimum atomic E-state index is 0.555. The normalized spacial score (nSPS) is 19.9. The number of benzene rings is 1. The van der Waals surface area contributed by atoms with E-state index in [2.05, 4.69) is 49.2 Å². The van der Waals surface area contributed by atoms with Crippen molar-refractivity contribution in [3.8, 4) is 0 Å². The fraction of sp³-hybridized carbons (Fsp3) is 0.571. The van der Waals surface area contributed by atoms with E-state index in [-0.39, 0.29) is 0 Å². The van der Waals surface area contributed by atoms with Crippen LogP contribution in [0.5, 0.6) is 0 Å². The van der Waals surface area contributed by atoms with Gasteiger partial charge in [-0.3, -0.25) is 4.90 Å². The van der Waals surface area contributed by atoms with Crippen LogP contribution in [0.3, 0.4) is 0 Å². The van der Waals surface area contributed by atoms with Crippen molar-refractivity contribution in [3.05, 3.63) is 34.9 Å². The van der Waals surface area contributed by atoms with Crippen molar-refractivity contribution in [1.29, 1.82) is 0 Å². The molecule has 0 aliphatic carbocycles. The summed E-state index contributed by atoms with van der Waals surface area (Å²) >= 11 is 0. The Morgan fingerprint density at radius 1 is 1.31 bits per heavy atom. The summed E-state index contributed by atoms with van der Waals surface area (Å²) < 4.78 is 0. The Morgan fingerprint density at radius 2 is 2.06 bits per heavy atom. The van der Waals surface area contributed by atoms with Gasteiger partial charge in [0.25, 0.3) is 0 Å². The molecule has 0 unspecified atom stereocenters. The van der Waals surface area contributed by atoms with Crippen LogP contribution in [0, 0.1) is 6.92 Å². The van der Waals surface area contributed by atoms with Gasteiger partial charge < -0.3 is 5.32 Å². The first-order valence-corrected chi connectivity index (χ1v) is 6.30. The molecule has 1 aliphatic heterocycles. The first kappa shape index (κ1) is 11.6. The molecular weight excluding hydrogens is 196 g/mol. The van der Waals surface area contributed by atoms with Crippen LogP contribution in [0.4, 0.5) is 0 Å². The molecule has 1 N–H and O–H groups in total. The van der Waals surface area contributed by atoms with Crippen LogP contribution in [0.1, 0.15) is 36.6 Å². The highest BCUT2D eigenvalue weighted by Crippen LogP contribution is 2.27. The third-order valence-corrected chi connectivity index (χ3v) is 3.56. The molecule has 2 heteroatoms. The summed E-state index contributed by atoms with van der Waals surface area (Å²) in [5, 5.41) is 3.53. The highest BCUT2D eigenvalue weighted by molar-refractivity contribution is 5.35. The first-order valence-electron chi connectivity index (χ1n) is 6.30. The van der Waals surface area contributed by atoms with Crippen LogP contribution < -0.4 is 5.32 Å². The molecule has 0 saturated heterocycles. The Bertz CT molecular complexity index is 356. The summed E-state index contributed by atoms with van der Waals surface area (Å²) in [7, 11) is 0. The van der Waals surface area contributed by atoms with Crippen molar-refractivity contribution in [1.82, 2.24) is 10.2 Å². The number of nitrogens with one attached hydrogen (secondary N) is 1. The summed E-state index contributed by atoms with van der Waals surface area (Å²) in [5.74, 6) is 0. The van der Waals surface area contributed by atoms with Gasteiger partial charge in [-0.15, -0.1) is 0 Å². The number of nitrogens with zero attached hydrogens (tertiary/aromatic N) is 1. The molecule has 0 spiro atoms. The third-order valence-electron chi connectivity index (χ3n) is 3.56. The Morgan fingerprint density at radius 3 is 2.75 bits per heavy atom. The van der Waals surface area contributed by atoms with Gasteiger partial charge in [-0.2, -0.15) is 0 Å². The molecule has 0 fully saturated rings. The molecule has 0 aromatic heterocycles. The fourth-order valence-corrected chi connectivity index (χ4v) is 2.66. The van der Waals surface area contributed by atoms with Crippen molar-refractivity contribution < 1.29 is 0 Å². The quantitative estimate of drug-likeness (QED) is 0.838. The van der Waals surface area contributed by atoms with Crippen LogP contribution in [0.2, 0.25) is 0 Å². The van der Waals surface area contributed by atoms with Gasteiger partial charge in [0, 0.05) is 19.1 Å². The lowest BCUT2D eigenvalue weighted by molar-refractivity contribution is 0.204. The zero-order chi connectivity index (χ0) is 11.5. The van der Waals surface area contributed by atoms with E-state index in [9.17, 15) is 0 Å². The van der Waals surface area contributed by atoms with E-state index in [1.807, 2.05) is 0 Å². The van der Waals surface area contributed by atoms with E-state index < -0.39 is 0 Å². The van der Waals surface area contributed by atoms with Crippen molar-refractivity contribution in [2.24, 2.45) is 0 Å². The van der Waals surface area contributed by atoms with Crippen LogP contribution in [-0.2, 0) is 6.54 Å². The topological polar surface area (TPSA) is 15.3 Å². The third kappa shape index (κ3) is 2.13. The first-order chi connectivity index (χ1) is 7.76. The Labute approximate surface area is 98.7 Å². The predicted molar refractivity (Wildman–Crippen MR) is 68.5 cm³/mol. The van der Waals surface area contributed by atoms with Crippen LogP contribution >= 0.6 is 0 Å². The molecule has 0 radical (unpaired) electrons. The lowest BCUT2D eigenvalue weighted by Crippen LogP contribution is -2.39. The van der Waals surface area contributed by atoms with Gasteiger partial charge in [-0.1, -0.05) is 37.6 Å². The molecule has 16 heavy (non-hydrogen) atoms. The molecule has 0 saturated carbocycles. The number of fused-ring (bicyclic) bond motifs is 1. The lowest BCUT2D eigenvalue weighted by atomic mass is 9.94. The van der Waals surface area contributed by atoms with Crippen molar-refractivity contribution >= 4 is 0 Å². The minimum Gasteiger partial charge on any atom is -0.311 e. The van der Waals surface area contributed by atoms with Gasteiger partial charge in [0.2, 0.25) is 0 Å². The summed E-state index contributed by atoms with van der Waals surface area (Å²) in [6.45, 7) is 11.0. The van der Waals surface area contributed by atoms with E-state index in [0.29, 0.717) is 6.04 Å². The van der Waals surface area contributed by atoms with E-state index in [1.165, 1.54) is 16.7 Å². The number of hydrogen-bond acceptors (Lipinski definition) is 2. The lowest BCUT2D eigenvalue weighted by Gasteiger charge is -2.35. The molecule has 1 heterocycles. The zero-order valence-electron chi connectivity index (χ0n) is 10.6. The van der Waals surface area contributed by atoms with Crippen molar-refractivity contribution in [3.63, 3.8) is 0 Å². The summed E-state index contributed by atoms with van der Waals surface area (Å²) in [5.41, 5.74) is 4.36. The van der Waals surface area contributed by atoms with Crippen LogP contribution in [-0.4, -0.2) is 24.5 Å². The van der Waals surface area contributed by atoms with E-state index in [1.54, 1.807) is 0 Å². The maximum Gasteiger partial charge on any atom is 0.0475 e. The molecule has 1 aromatic carbocycles. The van der Waals surface area contributed by atoms with E-state index >= 15 is 0 Å². The molecule has 88 valence electrons. The standard InChI is InChI=1S/C14H22N2/c1-4-16(5-2)14-10-15-9-12-8-11(3)6-7-13(12)14/h6-8,14-15H,4-5,9-10H2,1-3H3/t14-/m0/s1. The van der Waals surface area contributed by atoms with E-state index in [0.717, 1.165) is 26.2 Å². The molecule has 1 aliphatic rings. The summed E-state index contributed by atoms with van der Waals surface area (Å²) in [6.07, 6.45) is 0. The Hall–Kier alpha value is -0.860. The second-order valence-electron chi connectivity index (χ2n) is 4.57. The van der Waals surface area contributed by atoms with Crippen molar-refractivity contribution in [2.75, 3.05) is 19.6 Å². The molecule has 1 aromatic rings. The smallest absolute Gasteiger partial charge is 0.0475 e. The molecule has 0 bridgehead atoms. The van der Waals surface area contributed by atoms with Crippen LogP contribution in [0.25, 0.3) is 0 Å². The van der Waals surface area contributed by atoms with Gasteiger partial charge in [0.15, 0.2) is 0 Å². The Kier molecular flexibility index (Phi) is 3.62. The summed E-state index contributed by atoms with van der Waals surface area (Å²) in [6, 6.07) is 7.42. The monoisotopic (exact) mass is 218 g/mol. The van der Waals surface area contributed by atoms with Gasteiger partial charge in [0.05, 0.1) is 0 Å². The minimum absolute atomic E-state index is 0.555. The molecule has 2 nitrogen and oxygen atoms in total. The second kappa shape index (κ2) is 4.98. The average molecular weight is 218 g/mol. The molecule has 0 amide bonds. The largest absolute Gasteiger partial charge is 0.311 e. The number of likely N-dealkylation sites (N-methyl/N-ethyl adjacent to an activating group) is 1. The molecular formula is C14H22N2. The maximum absolute atomic E-state index is 3.53. The van der Waals surface area contributed by atoms with Gasteiger partial charge in [-0.05, 0) is 31.1 Å². The SMILES string of the molecule is CCN(CC)[C@H]1CNCc2cc(C)ccc21. The van der Waals surface area contributed by atoms with Gasteiger partial charge in [-0.25, -0.2) is 0 Å². The average Bonchev–Trinajstić information content (AvgIpc) is 2.30. The highest BCUT2D eigenvalue weighted by atomic mass is 15.2. The highest BCUT2D eigenvalue weighted by Gasteiger charge is 2.23.